The minimum Gasteiger partial charge on any atom is -0.493 e. The van der Waals surface area contributed by atoms with Gasteiger partial charge in [-0.2, -0.15) is 0 Å². The third kappa shape index (κ3) is 3.26. The Hall–Kier alpha value is -1.56. The van der Waals surface area contributed by atoms with Crippen molar-refractivity contribution in [3.8, 4) is 5.75 Å². The number of fused-ring (bicyclic) bond motifs is 1. The highest BCUT2D eigenvalue weighted by atomic mass is 32.2. The highest BCUT2D eigenvalue weighted by molar-refractivity contribution is 7.91. The maximum atomic E-state index is 11.3. The zero-order valence-electron chi connectivity index (χ0n) is 10.8. The number of hydrogen-bond donors (Lipinski definition) is 1. The van der Waals surface area contributed by atoms with E-state index in [1.54, 1.807) is 13.0 Å². The first-order valence-corrected chi connectivity index (χ1v) is 8.05. The number of oxime groups is 1. The largest absolute Gasteiger partial charge is 0.493 e. The van der Waals surface area contributed by atoms with E-state index in [1.165, 1.54) is 0 Å². The lowest BCUT2D eigenvalue weighted by Crippen LogP contribution is -2.15. The summed E-state index contributed by atoms with van der Waals surface area (Å²) < 4.78 is 28.1. The molecule has 0 heterocycles. The predicted octanol–water partition coefficient (Wildman–Crippen LogP) is 1.62. The van der Waals surface area contributed by atoms with E-state index in [4.69, 9.17) is 9.94 Å². The molecule has 0 saturated carbocycles. The molecule has 0 bridgehead atoms. The van der Waals surface area contributed by atoms with Crippen LogP contribution in [-0.4, -0.2) is 37.4 Å². The zero-order valence-corrected chi connectivity index (χ0v) is 11.6. The lowest BCUT2D eigenvalue weighted by atomic mass is 10.1. The molecular weight excluding hydrogens is 266 g/mol. The van der Waals surface area contributed by atoms with Crippen molar-refractivity contribution in [2.45, 2.75) is 19.8 Å². The standard InChI is InChI=1S/C13H17NO4S/c1-2-19(16,17)8-7-18-11-4-5-12-10(9-11)3-6-13(12)14-15/h4-5,9,15H,2-3,6-8H2,1H3/b14-13+. The highest BCUT2D eigenvalue weighted by Crippen LogP contribution is 2.26. The highest BCUT2D eigenvalue weighted by Gasteiger charge is 2.18. The summed E-state index contributed by atoms with van der Waals surface area (Å²) in [7, 11) is -2.99. The van der Waals surface area contributed by atoms with Gasteiger partial charge in [-0.05, 0) is 36.6 Å². The normalized spacial score (nSPS) is 16.6. The second kappa shape index (κ2) is 5.61. The van der Waals surface area contributed by atoms with Crippen LogP contribution >= 0.6 is 0 Å². The molecule has 1 aliphatic rings. The van der Waals surface area contributed by atoms with Crippen LogP contribution in [0.2, 0.25) is 0 Å². The Bertz CT molecular complexity index is 593. The SMILES string of the molecule is CCS(=O)(=O)CCOc1ccc2c(c1)CC/C2=N\O. The van der Waals surface area contributed by atoms with Gasteiger partial charge in [-0.25, -0.2) is 8.42 Å². The van der Waals surface area contributed by atoms with Gasteiger partial charge in [0.25, 0.3) is 0 Å². The minimum absolute atomic E-state index is 0.0317. The molecule has 0 radical (unpaired) electrons. The van der Waals surface area contributed by atoms with Crippen LogP contribution in [0, 0.1) is 0 Å². The molecule has 0 amide bonds. The number of aryl methyl sites for hydroxylation is 1. The fourth-order valence-corrected chi connectivity index (χ4v) is 2.70. The fraction of sp³-hybridized carbons (Fsp3) is 0.462. The van der Waals surface area contributed by atoms with Gasteiger partial charge in [-0.15, -0.1) is 0 Å². The average molecular weight is 283 g/mol. The number of sulfone groups is 1. The number of nitrogens with zero attached hydrogens (tertiary/aromatic N) is 1. The molecule has 0 aliphatic heterocycles. The van der Waals surface area contributed by atoms with Crippen molar-refractivity contribution >= 4 is 15.5 Å². The van der Waals surface area contributed by atoms with Crippen LogP contribution in [0.4, 0.5) is 0 Å². The summed E-state index contributed by atoms with van der Waals surface area (Å²) in [4.78, 5) is 0. The predicted molar refractivity (Wildman–Crippen MR) is 72.9 cm³/mol. The molecule has 0 saturated heterocycles. The van der Waals surface area contributed by atoms with E-state index < -0.39 is 9.84 Å². The molecule has 19 heavy (non-hydrogen) atoms. The molecule has 6 heteroatoms. The van der Waals surface area contributed by atoms with Gasteiger partial charge >= 0.3 is 0 Å². The Balaban J connectivity index is 2.01. The monoisotopic (exact) mass is 283 g/mol. The first-order chi connectivity index (χ1) is 9.05. The number of benzene rings is 1. The van der Waals surface area contributed by atoms with E-state index >= 15 is 0 Å². The van der Waals surface area contributed by atoms with Crippen LogP contribution in [0.25, 0.3) is 0 Å². The van der Waals surface area contributed by atoms with E-state index in [0.29, 0.717) is 11.5 Å². The van der Waals surface area contributed by atoms with Crippen molar-refractivity contribution in [1.29, 1.82) is 0 Å². The molecule has 1 aromatic rings. The molecule has 1 N–H and O–H groups in total. The van der Waals surface area contributed by atoms with Gasteiger partial charge in [0, 0.05) is 11.3 Å². The van der Waals surface area contributed by atoms with Crippen molar-refractivity contribution in [2.24, 2.45) is 5.16 Å². The Morgan fingerprint density at radius 2 is 2.16 bits per heavy atom. The summed E-state index contributed by atoms with van der Waals surface area (Å²) in [5, 5.41) is 12.1. The smallest absolute Gasteiger partial charge is 0.153 e. The summed E-state index contributed by atoms with van der Waals surface area (Å²) in [6, 6.07) is 5.50. The maximum Gasteiger partial charge on any atom is 0.153 e. The van der Waals surface area contributed by atoms with Crippen molar-refractivity contribution in [3.63, 3.8) is 0 Å². The maximum absolute atomic E-state index is 11.3. The Kier molecular flexibility index (Phi) is 4.09. The van der Waals surface area contributed by atoms with Crippen molar-refractivity contribution in [3.05, 3.63) is 29.3 Å². The lowest BCUT2D eigenvalue weighted by Gasteiger charge is -2.08. The van der Waals surface area contributed by atoms with Gasteiger partial charge in [-0.3, -0.25) is 0 Å². The second-order valence-electron chi connectivity index (χ2n) is 4.45. The molecule has 2 rings (SSSR count). The van der Waals surface area contributed by atoms with Crippen LogP contribution < -0.4 is 4.74 Å². The molecule has 0 atom stereocenters. The summed E-state index contributed by atoms with van der Waals surface area (Å²) in [5.74, 6) is 0.824. The molecule has 0 fully saturated rings. The van der Waals surface area contributed by atoms with E-state index in [-0.39, 0.29) is 18.1 Å². The molecule has 5 nitrogen and oxygen atoms in total. The molecule has 1 aliphatic carbocycles. The fourth-order valence-electron chi connectivity index (χ4n) is 2.07. The number of ether oxygens (including phenoxy) is 1. The van der Waals surface area contributed by atoms with Gasteiger partial charge < -0.3 is 9.94 Å². The van der Waals surface area contributed by atoms with E-state index in [9.17, 15) is 8.42 Å². The summed E-state index contributed by atoms with van der Waals surface area (Å²) in [6.07, 6.45) is 1.54. The third-order valence-corrected chi connectivity index (χ3v) is 4.91. The van der Waals surface area contributed by atoms with Gasteiger partial charge in [0.1, 0.15) is 12.4 Å². The minimum atomic E-state index is -2.99. The van der Waals surface area contributed by atoms with Crippen molar-refractivity contribution in [1.82, 2.24) is 0 Å². The molecule has 104 valence electrons. The van der Waals surface area contributed by atoms with Crippen LogP contribution in [0.1, 0.15) is 24.5 Å². The Labute approximate surface area is 112 Å². The number of hydrogen-bond acceptors (Lipinski definition) is 5. The van der Waals surface area contributed by atoms with E-state index in [2.05, 4.69) is 5.16 Å². The number of rotatable bonds is 5. The van der Waals surface area contributed by atoms with Crippen molar-refractivity contribution < 1.29 is 18.4 Å². The Morgan fingerprint density at radius 3 is 2.84 bits per heavy atom. The van der Waals surface area contributed by atoms with Crippen LogP contribution in [0.3, 0.4) is 0 Å². The van der Waals surface area contributed by atoms with E-state index in [0.717, 1.165) is 24.0 Å². The summed E-state index contributed by atoms with van der Waals surface area (Å²) >= 11 is 0. The summed E-state index contributed by atoms with van der Waals surface area (Å²) in [5.41, 5.74) is 2.70. The first-order valence-electron chi connectivity index (χ1n) is 6.23. The van der Waals surface area contributed by atoms with Gasteiger partial charge in [0.05, 0.1) is 11.5 Å². The van der Waals surface area contributed by atoms with Crippen LogP contribution in [-0.2, 0) is 16.3 Å². The van der Waals surface area contributed by atoms with Gasteiger partial charge in [-0.1, -0.05) is 12.1 Å². The quantitative estimate of drug-likeness (QED) is 0.658. The van der Waals surface area contributed by atoms with E-state index in [1.807, 2.05) is 12.1 Å². The lowest BCUT2D eigenvalue weighted by molar-refractivity contribution is 0.318. The molecular formula is C13H17NO4S. The Morgan fingerprint density at radius 1 is 1.37 bits per heavy atom. The van der Waals surface area contributed by atoms with Gasteiger partial charge in [0.15, 0.2) is 9.84 Å². The summed E-state index contributed by atoms with van der Waals surface area (Å²) in [6.45, 7) is 1.79. The van der Waals surface area contributed by atoms with Gasteiger partial charge in [0.2, 0.25) is 0 Å². The third-order valence-electron chi connectivity index (χ3n) is 3.24. The molecule has 0 spiro atoms. The molecule has 0 unspecified atom stereocenters. The second-order valence-corrected chi connectivity index (χ2v) is 6.92. The molecule has 1 aromatic carbocycles. The average Bonchev–Trinajstić information content (AvgIpc) is 2.81. The first kappa shape index (κ1) is 13.9. The van der Waals surface area contributed by atoms with Crippen LogP contribution in [0.15, 0.2) is 23.4 Å². The topological polar surface area (TPSA) is 76.0 Å². The van der Waals surface area contributed by atoms with Crippen LogP contribution in [0.5, 0.6) is 5.75 Å². The molecule has 0 aromatic heterocycles. The van der Waals surface area contributed by atoms with Crippen molar-refractivity contribution in [2.75, 3.05) is 18.1 Å². The zero-order chi connectivity index (χ0) is 13.9.